The summed E-state index contributed by atoms with van der Waals surface area (Å²) >= 11 is 20.6. The third-order valence-corrected chi connectivity index (χ3v) is 5.74. The summed E-state index contributed by atoms with van der Waals surface area (Å²) < 4.78 is 27.3. The van der Waals surface area contributed by atoms with Crippen molar-refractivity contribution in [1.82, 2.24) is 4.98 Å². The van der Waals surface area contributed by atoms with E-state index in [-0.39, 0.29) is 25.8 Å². The molecule has 4 nitrogen and oxygen atoms in total. The first-order chi connectivity index (χ1) is 9.31. The van der Waals surface area contributed by atoms with E-state index in [4.69, 9.17) is 34.8 Å². The molecule has 1 aromatic heterocycles. The molecule has 0 spiro atoms. The van der Waals surface area contributed by atoms with Crippen molar-refractivity contribution in [1.29, 1.82) is 0 Å². The third-order valence-electron chi connectivity index (χ3n) is 2.25. The summed E-state index contributed by atoms with van der Waals surface area (Å²) in [6.45, 7) is 0. The SMILES string of the molecule is O=S(=O)(Nc1cnc(Cl)c(Br)c1)c1cccc(Cl)c1Cl. The zero-order valence-electron chi connectivity index (χ0n) is 9.57. The first-order valence-electron chi connectivity index (χ1n) is 5.09. The lowest BCUT2D eigenvalue weighted by Crippen LogP contribution is -2.13. The van der Waals surface area contributed by atoms with Crippen LogP contribution < -0.4 is 4.72 Å². The van der Waals surface area contributed by atoms with Crippen molar-refractivity contribution in [3.05, 3.63) is 50.1 Å². The fraction of sp³-hybridized carbons (Fsp3) is 0. The van der Waals surface area contributed by atoms with Crippen molar-refractivity contribution >= 4 is 66.4 Å². The minimum absolute atomic E-state index is 0.0392. The maximum absolute atomic E-state index is 12.2. The van der Waals surface area contributed by atoms with Crippen LogP contribution in [-0.4, -0.2) is 13.4 Å². The van der Waals surface area contributed by atoms with Crippen LogP contribution in [0.4, 0.5) is 5.69 Å². The lowest BCUT2D eigenvalue weighted by Gasteiger charge is -2.10. The quantitative estimate of drug-likeness (QED) is 0.744. The number of sulfonamides is 1. The molecule has 106 valence electrons. The Morgan fingerprint density at radius 2 is 1.90 bits per heavy atom. The zero-order chi connectivity index (χ0) is 14.9. The van der Waals surface area contributed by atoms with Gasteiger partial charge in [-0.15, -0.1) is 0 Å². The first-order valence-corrected chi connectivity index (χ1v) is 8.50. The molecule has 0 fully saturated rings. The summed E-state index contributed by atoms with van der Waals surface area (Å²) in [6, 6.07) is 5.85. The summed E-state index contributed by atoms with van der Waals surface area (Å²) in [4.78, 5) is 3.72. The van der Waals surface area contributed by atoms with Gasteiger partial charge in [-0.2, -0.15) is 0 Å². The molecular formula is C11H6BrCl3N2O2S. The van der Waals surface area contributed by atoms with Gasteiger partial charge in [-0.05, 0) is 34.1 Å². The van der Waals surface area contributed by atoms with E-state index in [1.807, 2.05) is 0 Å². The van der Waals surface area contributed by atoms with Gasteiger partial charge in [0.15, 0.2) is 0 Å². The molecule has 9 heteroatoms. The van der Waals surface area contributed by atoms with Crippen molar-refractivity contribution in [2.75, 3.05) is 4.72 Å². The lowest BCUT2D eigenvalue weighted by atomic mass is 10.4. The molecule has 0 bridgehead atoms. The second-order valence-electron chi connectivity index (χ2n) is 3.65. The molecule has 0 saturated heterocycles. The summed E-state index contributed by atoms with van der Waals surface area (Å²) in [5.74, 6) is 0. The molecule has 0 saturated carbocycles. The molecular weight excluding hydrogens is 410 g/mol. The first kappa shape index (κ1) is 15.9. The van der Waals surface area contributed by atoms with Crippen LogP contribution >= 0.6 is 50.7 Å². The second kappa shape index (κ2) is 6.07. The van der Waals surface area contributed by atoms with Gasteiger partial charge in [-0.1, -0.05) is 40.9 Å². The van der Waals surface area contributed by atoms with Crippen LogP contribution in [0.15, 0.2) is 39.8 Å². The monoisotopic (exact) mass is 414 g/mol. The Morgan fingerprint density at radius 3 is 2.55 bits per heavy atom. The molecule has 0 aliphatic rings. The molecule has 0 aliphatic carbocycles. The van der Waals surface area contributed by atoms with Gasteiger partial charge in [0, 0.05) is 0 Å². The second-order valence-corrected chi connectivity index (χ2v) is 7.30. The number of benzene rings is 1. The Balaban J connectivity index is 2.41. The smallest absolute Gasteiger partial charge is 0.263 e. The molecule has 0 amide bonds. The highest BCUT2D eigenvalue weighted by molar-refractivity contribution is 9.10. The van der Waals surface area contributed by atoms with Crippen molar-refractivity contribution in [3.8, 4) is 0 Å². The van der Waals surface area contributed by atoms with Crippen molar-refractivity contribution < 1.29 is 8.42 Å². The summed E-state index contributed by atoms with van der Waals surface area (Å²) in [7, 11) is -3.87. The average Bonchev–Trinajstić information content (AvgIpc) is 2.36. The van der Waals surface area contributed by atoms with Crippen LogP contribution in [0.2, 0.25) is 15.2 Å². The van der Waals surface area contributed by atoms with E-state index in [1.54, 1.807) is 0 Å². The molecule has 20 heavy (non-hydrogen) atoms. The normalized spacial score (nSPS) is 11.4. The topological polar surface area (TPSA) is 59.1 Å². The van der Waals surface area contributed by atoms with E-state index >= 15 is 0 Å². The lowest BCUT2D eigenvalue weighted by molar-refractivity contribution is 0.601. The number of nitrogens with one attached hydrogen (secondary N) is 1. The van der Waals surface area contributed by atoms with Crippen molar-refractivity contribution in [2.24, 2.45) is 0 Å². The van der Waals surface area contributed by atoms with E-state index in [1.165, 1.54) is 30.5 Å². The van der Waals surface area contributed by atoms with Gasteiger partial charge in [-0.3, -0.25) is 4.72 Å². The number of pyridine rings is 1. The van der Waals surface area contributed by atoms with Gasteiger partial charge >= 0.3 is 0 Å². The number of nitrogens with zero attached hydrogens (tertiary/aromatic N) is 1. The fourth-order valence-corrected chi connectivity index (χ4v) is 3.63. The van der Waals surface area contributed by atoms with Gasteiger partial charge in [0.25, 0.3) is 10.0 Å². The standard InChI is InChI=1S/C11H6BrCl3N2O2S/c12-7-4-6(5-16-11(7)15)17-20(18,19)9-3-1-2-8(13)10(9)14/h1-5,17H. The largest absolute Gasteiger partial charge is 0.278 e. The van der Waals surface area contributed by atoms with Gasteiger partial charge in [0.1, 0.15) is 10.0 Å². The van der Waals surface area contributed by atoms with E-state index in [9.17, 15) is 8.42 Å². The Bertz CT molecular complexity index is 768. The van der Waals surface area contributed by atoms with Crippen LogP contribution in [0.3, 0.4) is 0 Å². The minimum atomic E-state index is -3.87. The summed E-state index contributed by atoms with van der Waals surface area (Å²) in [5.41, 5.74) is 0.248. The molecule has 0 radical (unpaired) electrons. The summed E-state index contributed by atoms with van der Waals surface area (Å²) in [6.07, 6.45) is 1.29. The molecule has 0 atom stereocenters. The minimum Gasteiger partial charge on any atom is -0.278 e. The number of hydrogen-bond acceptors (Lipinski definition) is 3. The van der Waals surface area contributed by atoms with Crippen LogP contribution in [0, 0.1) is 0 Å². The molecule has 0 aliphatic heterocycles. The Morgan fingerprint density at radius 1 is 1.20 bits per heavy atom. The number of hydrogen-bond donors (Lipinski definition) is 1. The Kier molecular flexibility index (Phi) is 4.81. The Hall–Kier alpha value is -0.530. The highest BCUT2D eigenvalue weighted by Gasteiger charge is 2.20. The van der Waals surface area contributed by atoms with Crippen LogP contribution in [0.1, 0.15) is 0 Å². The van der Waals surface area contributed by atoms with E-state index in [0.717, 1.165) is 0 Å². The number of rotatable bonds is 3. The van der Waals surface area contributed by atoms with Gasteiger partial charge < -0.3 is 0 Å². The number of aromatic nitrogens is 1. The fourth-order valence-electron chi connectivity index (χ4n) is 1.38. The third kappa shape index (κ3) is 3.38. The molecule has 1 N–H and O–H groups in total. The van der Waals surface area contributed by atoms with Crippen molar-refractivity contribution in [3.63, 3.8) is 0 Å². The van der Waals surface area contributed by atoms with E-state index in [2.05, 4.69) is 25.6 Å². The van der Waals surface area contributed by atoms with Crippen LogP contribution in [0.25, 0.3) is 0 Å². The van der Waals surface area contributed by atoms with Gasteiger partial charge in [-0.25, -0.2) is 13.4 Å². The number of halogens is 4. The molecule has 1 heterocycles. The van der Waals surface area contributed by atoms with Crippen LogP contribution in [0.5, 0.6) is 0 Å². The van der Waals surface area contributed by atoms with Crippen molar-refractivity contribution in [2.45, 2.75) is 4.90 Å². The predicted octanol–water partition coefficient (Wildman–Crippen LogP) is 4.61. The van der Waals surface area contributed by atoms with Gasteiger partial charge in [0.2, 0.25) is 0 Å². The highest BCUT2D eigenvalue weighted by Crippen LogP contribution is 2.31. The maximum Gasteiger partial charge on any atom is 0.263 e. The average molecular weight is 417 g/mol. The molecule has 1 aromatic carbocycles. The summed E-state index contributed by atoms with van der Waals surface area (Å²) in [5, 5.41) is 0.348. The van der Waals surface area contributed by atoms with Gasteiger partial charge in [0.05, 0.1) is 26.4 Å². The number of anilines is 1. The maximum atomic E-state index is 12.2. The Labute approximate surface area is 139 Å². The van der Waals surface area contributed by atoms with E-state index < -0.39 is 10.0 Å². The molecule has 0 unspecified atom stereocenters. The zero-order valence-corrected chi connectivity index (χ0v) is 14.2. The van der Waals surface area contributed by atoms with E-state index in [0.29, 0.717) is 4.47 Å². The highest BCUT2D eigenvalue weighted by atomic mass is 79.9. The molecule has 2 aromatic rings. The van der Waals surface area contributed by atoms with Crippen LogP contribution in [-0.2, 0) is 10.0 Å². The predicted molar refractivity (Wildman–Crippen MR) is 84.2 cm³/mol. The molecule has 2 rings (SSSR count).